The van der Waals surface area contributed by atoms with Crippen molar-refractivity contribution in [2.24, 2.45) is 5.92 Å². The number of hydrogen-bond acceptors (Lipinski definition) is 8. The number of nitrogens with zero attached hydrogens (tertiary/aromatic N) is 2. The molecule has 0 radical (unpaired) electrons. The lowest BCUT2D eigenvalue weighted by Crippen LogP contribution is -2.71. The van der Waals surface area contributed by atoms with Gasteiger partial charge in [0.2, 0.25) is 0 Å². The van der Waals surface area contributed by atoms with Gasteiger partial charge in [-0.1, -0.05) is 0 Å². The van der Waals surface area contributed by atoms with Crippen LogP contribution in [0.5, 0.6) is 11.5 Å². The first-order valence-corrected chi connectivity index (χ1v) is 10.3. The summed E-state index contributed by atoms with van der Waals surface area (Å²) in [6.07, 6.45) is 1.04. The number of phenolic OH excluding ortho intramolecular Hbond substituents is 1. The maximum Gasteiger partial charge on any atom is 0.127 e. The van der Waals surface area contributed by atoms with E-state index < -0.39 is 0 Å². The summed E-state index contributed by atoms with van der Waals surface area (Å²) in [5.74, 6) is 0.734. The number of rotatable bonds is 1. The maximum atomic E-state index is 11.2. The molecule has 28 heavy (non-hydrogen) atoms. The highest BCUT2D eigenvalue weighted by molar-refractivity contribution is 5.62. The number of aliphatic hydroxyl groups excluding tert-OH is 1. The summed E-state index contributed by atoms with van der Waals surface area (Å²) in [6, 6.07) is 0.580. The van der Waals surface area contributed by atoms with Crippen molar-refractivity contribution >= 4 is 0 Å². The minimum Gasteiger partial charge on any atom is -0.507 e. The molecule has 5 saturated heterocycles. The van der Waals surface area contributed by atoms with Crippen LogP contribution in [-0.4, -0.2) is 75.5 Å². The van der Waals surface area contributed by atoms with Crippen LogP contribution in [0.2, 0.25) is 0 Å². The third-order valence-corrected chi connectivity index (χ3v) is 8.22. The van der Waals surface area contributed by atoms with Crippen molar-refractivity contribution in [2.75, 3.05) is 19.8 Å². The predicted molar refractivity (Wildman–Crippen MR) is 96.5 cm³/mol. The van der Waals surface area contributed by atoms with Crippen molar-refractivity contribution in [3.8, 4) is 11.5 Å². The maximum absolute atomic E-state index is 11.2. The molecular weight excluding hydrogens is 362 g/mol. The minimum atomic E-state index is -0.298. The number of aliphatic hydroxyl groups is 1. The number of ether oxygens (including phenoxy) is 2. The molecule has 0 aliphatic carbocycles. The summed E-state index contributed by atoms with van der Waals surface area (Å²) in [6.45, 7) is 3.49. The number of piperazine rings is 1. The van der Waals surface area contributed by atoms with Gasteiger partial charge in [-0.3, -0.25) is 9.80 Å². The molecule has 8 heteroatoms. The highest BCUT2D eigenvalue weighted by atomic mass is 16.5. The number of nitrogens with one attached hydrogen (secondary N) is 1. The van der Waals surface area contributed by atoms with Crippen LogP contribution < -0.4 is 5.32 Å². The zero-order valence-corrected chi connectivity index (χ0v) is 15.7. The van der Waals surface area contributed by atoms with Crippen molar-refractivity contribution in [1.82, 2.24) is 15.1 Å². The second-order valence-corrected chi connectivity index (χ2v) is 9.11. The summed E-state index contributed by atoms with van der Waals surface area (Å²) in [7, 11) is 0. The Morgan fingerprint density at radius 2 is 2.00 bits per heavy atom. The van der Waals surface area contributed by atoms with Gasteiger partial charge in [0.25, 0.3) is 0 Å². The van der Waals surface area contributed by atoms with Gasteiger partial charge in [-0.2, -0.15) is 0 Å². The molecule has 0 aromatic heterocycles. The van der Waals surface area contributed by atoms with Gasteiger partial charge in [-0.15, -0.1) is 0 Å². The molecule has 8 atom stereocenters. The second-order valence-electron chi connectivity index (χ2n) is 9.11. The number of benzene rings is 1. The molecule has 6 heterocycles. The number of hydrogen-bond donors (Lipinski definition) is 4. The van der Waals surface area contributed by atoms with E-state index in [9.17, 15) is 15.3 Å². The quantitative estimate of drug-likeness (QED) is 0.502. The van der Waals surface area contributed by atoms with Gasteiger partial charge in [0.05, 0.1) is 31.9 Å². The molecule has 5 fully saturated rings. The molecule has 0 saturated carbocycles. The Bertz CT molecular complexity index is 893. The van der Waals surface area contributed by atoms with E-state index in [1.165, 1.54) is 0 Å². The molecule has 1 aromatic carbocycles. The van der Waals surface area contributed by atoms with Crippen molar-refractivity contribution in [1.29, 1.82) is 0 Å². The molecule has 0 spiro atoms. The predicted octanol–water partition coefficient (Wildman–Crippen LogP) is 0.0534. The third kappa shape index (κ3) is 1.63. The Kier molecular flexibility index (Phi) is 3.04. The van der Waals surface area contributed by atoms with E-state index in [1.807, 2.05) is 0 Å². The molecule has 4 N–H and O–H groups in total. The van der Waals surface area contributed by atoms with Crippen LogP contribution in [0, 0.1) is 12.8 Å². The Morgan fingerprint density at radius 1 is 1.14 bits per heavy atom. The van der Waals surface area contributed by atoms with Crippen molar-refractivity contribution in [2.45, 2.75) is 62.6 Å². The summed E-state index contributed by atoms with van der Waals surface area (Å²) in [5.41, 5.74) is 2.53. The Labute approximate surface area is 162 Å². The topological polar surface area (TPSA) is 97.7 Å². The summed E-state index contributed by atoms with van der Waals surface area (Å²) >= 11 is 0. The van der Waals surface area contributed by atoms with Crippen LogP contribution in [0.3, 0.4) is 0 Å². The summed E-state index contributed by atoms with van der Waals surface area (Å²) in [4.78, 5) is 4.84. The molecule has 8 nitrogen and oxygen atoms in total. The highest BCUT2D eigenvalue weighted by Gasteiger charge is 2.67. The van der Waals surface area contributed by atoms with E-state index in [4.69, 9.17) is 9.47 Å². The lowest BCUT2D eigenvalue weighted by atomic mass is 9.73. The molecule has 7 rings (SSSR count). The first-order valence-electron chi connectivity index (χ1n) is 10.3. The molecule has 150 valence electrons. The Morgan fingerprint density at radius 3 is 2.82 bits per heavy atom. The molecular formula is C20H25N3O5. The van der Waals surface area contributed by atoms with Crippen LogP contribution >= 0.6 is 0 Å². The van der Waals surface area contributed by atoms with Gasteiger partial charge in [0.1, 0.15) is 24.0 Å². The minimum absolute atomic E-state index is 0.0210. The van der Waals surface area contributed by atoms with Gasteiger partial charge in [-0.05, 0) is 13.3 Å². The second kappa shape index (κ2) is 5.19. The van der Waals surface area contributed by atoms with E-state index in [-0.39, 0.29) is 54.7 Å². The zero-order valence-electron chi connectivity index (χ0n) is 15.7. The fourth-order valence-electron chi connectivity index (χ4n) is 7.21. The molecule has 2 bridgehead atoms. The molecule has 8 unspecified atom stereocenters. The fraction of sp³-hybridized carbons (Fsp3) is 0.700. The van der Waals surface area contributed by atoms with Crippen molar-refractivity contribution < 1.29 is 24.8 Å². The summed E-state index contributed by atoms with van der Waals surface area (Å²) in [5, 5.41) is 36.0. The first kappa shape index (κ1) is 16.4. The normalized spacial score (nSPS) is 45.4. The number of phenols is 2. The molecule has 1 aromatic rings. The Hall–Kier alpha value is -1.42. The molecule has 0 amide bonds. The fourth-order valence-corrected chi connectivity index (χ4v) is 7.21. The highest BCUT2D eigenvalue weighted by Crippen LogP contribution is 2.61. The zero-order chi connectivity index (χ0) is 18.9. The van der Waals surface area contributed by atoms with E-state index in [1.54, 1.807) is 6.92 Å². The largest absolute Gasteiger partial charge is 0.507 e. The number of fused-ring (bicyclic) bond motifs is 8. The van der Waals surface area contributed by atoms with E-state index in [0.29, 0.717) is 36.3 Å². The van der Waals surface area contributed by atoms with Gasteiger partial charge in [-0.25, -0.2) is 0 Å². The molecule has 6 aliphatic rings. The van der Waals surface area contributed by atoms with Crippen LogP contribution in [0.15, 0.2) is 0 Å². The standard InChI is InChI=1S/C20H25N3O5/c1-7-9(5-24)18(26)12-11-6-28-20-10-4-8-14(21-10)16(23(11)20)15(13(12)17(7)25)22-2-3-27-19(8)22/h8,10-11,14-16,19-21,24-26H,2-6H2,1H3. The van der Waals surface area contributed by atoms with Gasteiger partial charge >= 0.3 is 0 Å². The van der Waals surface area contributed by atoms with Crippen LogP contribution in [-0.2, 0) is 16.1 Å². The van der Waals surface area contributed by atoms with Crippen molar-refractivity contribution in [3.63, 3.8) is 0 Å². The van der Waals surface area contributed by atoms with E-state index in [2.05, 4.69) is 15.1 Å². The first-order chi connectivity index (χ1) is 13.6. The smallest absolute Gasteiger partial charge is 0.127 e. The van der Waals surface area contributed by atoms with E-state index >= 15 is 0 Å². The lowest BCUT2D eigenvalue weighted by molar-refractivity contribution is -0.132. The van der Waals surface area contributed by atoms with Crippen molar-refractivity contribution in [3.05, 3.63) is 22.3 Å². The van der Waals surface area contributed by atoms with Gasteiger partial charge < -0.3 is 30.1 Å². The number of piperidine rings is 1. The monoisotopic (exact) mass is 387 g/mol. The van der Waals surface area contributed by atoms with Crippen LogP contribution in [0.25, 0.3) is 0 Å². The summed E-state index contributed by atoms with van der Waals surface area (Å²) < 4.78 is 12.4. The number of aromatic hydroxyl groups is 2. The molecule has 6 aliphatic heterocycles. The van der Waals surface area contributed by atoms with Gasteiger partial charge in [0.15, 0.2) is 0 Å². The average Bonchev–Trinajstić information content (AvgIpc) is 3.40. The van der Waals surface area contributed by atoms with Gasteiger partial charge in [0, 0.05) is 52.8 Å². The SMILES string of the molecule is Cc1c(O)c2c(c(O)c1CO)C1COC3C4CC5C(N4)C(C2N2CCOC52)N13. The lowest BCUT2D eigenvalue weighted by Gasteiger charge is -2.57. The third-order valence-electron chi connectivity index (χ3n) is 8.22. The van der Waals surface area contributed by atoms with Crippen LogP contribution in [0.4, 0.5) is 0 Å². The Balaban J connectivity index is 1.54. The average molecular weight is 387 g/mol. The van der Waals surface area contributed by atoms with E-state index in [0.717, 1.165) is 24.1 Å². The van der Waals surface area contributed by atoms with Crippen LogP contribution in [0.1, 0.15) is 40.8 Å².